The Balaban J connectivity index is 2.06. The lowest BCUT2D eigenvalue weighted by atomic mass is 9.97. The number of hydrogen-bond acceptors (Lipinski definition) is 4. The van der Waals surface area contributed by atoms with Gasteiger partial charge in [-0.05, 0) is 33.3 Å². The van der Waals surface area contributed by atoms with E-state index in [9.17, 15) is 9.59 Å². The molecule has 0 saturated heterocycles. The lowest BCUT2D eigenvalue weighted by Gasteiger charge is -2.26. The van der Waals surface area contributed by atoms with Gasteiger partial charge in [-0.2, -0.15) is 5.10 Å². The lowest BCUT2D eigenvalue weighted by molar-refractivity contribution is -0.137. The number of hydrogen-bond donors (Lipinski definition) is 2. The molecule has 0 aliphatic heterocycles. The molecule has 0 bridgehead atoms. The van der Waals surface area contributed by atoms with Gasteiger partial charge in [0.2, 0.25) is 0 Å². The van der Waals surface area contributed by atoms with E-state index in [1.165, 1.54) is 0 Å². The van der Waals surface area contributed by atoms with Crippen LogP contribution in [0.4, 0.5) is 0 Å². The molecule has 7 heteroatoms. The van der Waals surface area contributed by atoms with Crippen molar-refractivity contribution >= 4 is 22.9 Å². The third-order valence-electron chi connectivity index (χ3n) is 4.70. The summed E-state index contributed by atoms with van der Waals surface area (Å²) >= 11 is 0. The number of benzene rings is 1. The molecule has 3 rings (SSSR count). The van der Waals surface area contributed by atoms with E-state index in [0.29, 0.717) is 28.7 Å². The maximum absolute atomic E-state index is 13.1. The van der Waals surface area contributed by atoms with E-state index in [2.05, 4.69) is 10.4 Å². The molecule has 2 heterocycles. The van der Waals surface area contributed by atoms with E-state index < -0.39 is 11.5 Å². The number of aliphatic carboxylic acids is 1. The fraction of sp³-hybridized carbons (Fsp3) is 0.333. The number of rotatable bonds is 6. The summed E-state index contributed by atoms with van der Waals surface area (Å²) in [6.45, 7) is 5.49. The Bertz CT molecular complexity index is 1040. The van der Waals surface area contributed by atoms with Crippen molar-refractivity contribution in [1.29, 1.82) is 0 Å². The van der Waals surface area contributed by atoms with Crippen LogP contribution in [0.1, 0.15) is 42.7 Å². The van der Waals surface area contributed by atoms with Gasteiger partial charge in [-0.15, -0.1) is 0 Å². The van der Waals surface area contributed by atoms with Crippen molar-refractivity contribution in [3.8, 4) is 11.3 Å². The van der Waals surface area contributed by atoms with Gasteiger partial charge in [0.05, 0.1) is 22.3 Å². The van der Waals surface area contributed by atoms with E-state index in [1.54, 1.807) is 17.8 Å². The molecule has 0 aliphatic rings. The SMILES string of the molecule is Cc1nn(C)c2nc(-c3ccccc3)cc(C(=O)NC(C)(C)CCC(=O)O)c12. The molecule has 1 aromatic carbocycles. The number of carboxylic acids is 1. The number of nitrogens with zero attached hydrogens (tertiary/aromatic N) is 3. The van der Waals surface area contributed by atoms with Crippen molar-refractivity contribution in [2.24, 2.45) is 7.05 Å². The van der Waals surface area contributed by atoms with Crippen molar-refractivity contribution in [2.75, 3.05) is 0 Å². The van der Waals surface area contributed by atoms with Gasteiger partial charge in [0, 0.05) is 24.6 Å². The quantitative estimate of drug-likeness (QED) is 0.684. The maximum atomic E-state index is 13.1. The number of amides is 1. The Morgan fingerprint density at radius 2 is 1.89 bits per heavy atom. The molecule has 1 amide bonds. The Hall–Kier alpha value is -3.22. The van der Waals surface area contributed by atoms with E-state index >= 15 is 0 Å². The van der Waals surface area contributed by atoms with Crippen LogP contribution >= 0.6 is 0 Å². The average molecular weight is 380 g/mol. The van der Waals surface area contributed by atoms with Crippen molar-refractivity contribution in [1.82, 2.24) is 20.1 Å². The van der Waals surface area contributed by atoms with Crippen LogP contribution in [-0.4, -0.2) is 37.3 Å². The van der Waals surface area contributed by atoms with Gasteiger partial charge < -0.3 is 10.4 Å². The van der Waals surface area contributed by atoms with Crippen LogP contribution in [0.25, 0.3) is 22.3 Å². The van der Waals surface area contributed by atoms with Gasteiger partial charge in [-0.25, -0.2) is 4.98 Å². The summed E-state index contributed by atoms with van der Waals surface area (Å²) in [7, 11) is 1.80. The van der Waals surface area contributed by atoms with Crippen LogP contribution in [0.3, 0.4) is 0 Å². The van der Waals surface area contributed by atoms with Gasteiger partial charge in [-0.3, -0.25) is 14.3 Å². The van der Waals surface area contributed by atoms with E-state index in [1.807, 2.05) is 51.1 Å². The zero-order chi connectivity index (χ0) is 20.5. The van der Waals surface area contributed by atoms with Crippen molar-refractivity contribution in [3.05, 3.63) is 47.7 Å². The topological polar surface area (TPSA) is 97.1 Å². The molecule has 0 atom stereocenters. The lowest BCUT2D eigenvalue weighted by Crippen LogP contribution is -2.43. The molecular formula is C21H24N4O3. The molecule has 0 unspecified atom stereocenters. The molecular weight excluding hydrogens is 356 g/mol. The Morgan fingerprint density at radius 1 is 1.21 bits per heavy atom. The fourth-order valence-corrected chi connectivity index (χ4v) is 3.24. The molecule has 7 nitrogen and oxygen atoms in total. The van der Waals surface area contributed by atoms with Crippen molar-refractivity contribution < 1.29 is 14.7 Å². The summed E-state index contributed by atoms with van der Waals surface area (Å²) < 4.78 is 1.67. The summed E-state index contributed by atoms with van der Waals surface area (Å²) in [5.41, 5.74) is 2.77. The number of aromatic nitrogens is 3. The molecule has 0 fully saturated rings. The van der Waals surface area contributed by atoms with Gasteiger partial charge in [-0.1, -0.05) is 30.3 Å². The minimum absolute atomic E-state index is 0.0137. The highest BCUT2D eigenvalue weighted by molar-refractivity contribution is 6.07. The van der Waals surface area contributed by atoms with Gasteiger partial charge >= 0.3 is 5.97 Å². The van der Waals surface area contributed by atoms with Crippen molar-refractivity contribution in [2.45, 2.75) is 39.2 Å². The molecule has 0 aliphatic carbocycles. The van der Waals surface area contributed by atoms with Crippen LogP contribution in [-0.2, 0) is 11.8 Å². The van der Waals surface area contributed by atoms with Crippen LogP contribution in [0.5, 0.6) is 0 Å². The van der Waals surface area contributed by atoms with Gasteiger partial charge in [0.1, 0.15) is 0 Å². The number of carboxylic acid groups (broad SMARTS) is 1. The highest BCUT2D eigenvalue weighted by Crippen LogP contribution is 2.27. The molecule has 0 saturated carbocycles. The van der Waals surface area contributed by atoms with E-state index in [0.717, 1.165) is 11.3 Å². The summed E-state index contributed by atoms with van der Waals surface area (Å²) in [6.07, 6.45) is 0.320. The molecule has 0 spiro atoms. The normalized spacial score (nSPS) is 11.6. The monoisotopic (exact) mass is 380 g/mol. The first kappa shape index (κ1) is 19.5. The third-order valence-corrected chi connectivity index (χ3v) is 4.70. The standard InChI is InChI=1S/C21H24N4O3/c1-13-18-15(20(28)23-21(2,3)11-10-17(26)27)12-16(14-8-6-5-7-9-14)22-19(18)25(4)24-13/h5-9,12H,10-11H2,1-4H3,(H,23,28)(H,26,27). The van der Waals surface area contributed by atoms with Crippen molar-refractivity contribution in [3.63, 3.8) is 0 Å². The van der Waals surface area contributed by atoms with Gasteiger partial charge in [0.15, 0.2) is 5.65 Å². The summed E-state index contributed by atoms with van der Waals surface area (Å²) in [6, 6.07) is 11.4. The second-order valence-electron chi connectivity index (χ2n) is 7.56. The zero-order valence-corrected chi connectivity index (χ0v) is 16.5. The van der Waals surface area contributed by atoms with E-state index in [4.69, 9.17) is 10.1 Å². The Kier molecular flexibility index (Phi) is 5.18. The van der Waals surface area contributed by atoms with Crippen LogP contribution in [0, 0.1) is 6.92 Å². The third kappa shape index (κ3) is 4.03. The van der Waals surface area contributed by atoms with E-state index in [-0.39, 0.29) is 12.3 Å². The number of fused-ring (bicyclic) bond motifs is 1. The zero-order valence-electron chi connectivity index (χ0n) is 16.5. The number of carbonyl (C=O) groups excluding carboxylic acids is 1. The summed E-state index contributed by atoms with van der Waals surface area (Å²) in [5, 5.41) is 17.0. The average Bonchev–Trinajstić information content (AvgIpc) is 2.94. The first-order valence-corrected chi connectivity index (χ1v) is 9.12. The second-order valence-corrected chi connectivity index (χ2v) is 7.56. The summed E-state index contributed by atoms with van der Waals surface area (Å²) in [5.74, 6) is -1.15. The Morgan fingerprint density at radius 3 is 2.54 bits per heavy atom. The van der Waals surface area contributed by atoms with Crippen LogP contribution in [0.2, 0.25) is 0 Å². The molecule has 3 aromatic rings. The highest BCUT2D eigenvalue weighted by Gasteiger charge is 2.25. The largest absolute Gasteiger partial charge is 0.481 e. The molecule has 146 valence electrons. The number of aryl methyl sites for hydroxylation is 2. The predicted octanol–water partition coefficient (Wildman–Crippen LogP) is 3.32. The number of carbonyl (C=O) groups is 2. The highest BCUT2D eigenvalue weighted by atomic mass is 16.4. The van der Waals surface area contributed by atoms with Gasteiger partial charge in [0.25, 0.3) is 5.91 Å². The molecule has 2 N–H and O–H groups in total. The van der Waals surface area contributed by atoms with Crippen LogP contribution < -0.4 is 5.32 Å². The molecule has 2 aromatic heterocycles. The minimum atomic E-state index is -0.886. The summed E-state index contributed by atoms with van der Waals surface area (Å²) in [4.78, 5) is 28.7. The second kappa shape index (κ2) is 7.42. The smallest absolute Gasteiger partial charge is 0.303 e. The first-order chi connectivity index (χ1) is 13.2. The maximum Gasteiger partial charge on any atom is 0.303 e. The first-order valence-electron chi connectivity index (χ1n) is 9.12. The van der Waals surface area contributed by atoms with Crippen LogP contribution in [0.15, 0.2) is 36.4 Å². The number of nitrogens with one attached hydrogen (secondary N) is 1. The Labute approximate surface area is 163 Å². The molecule has 28 heavy (non-hydrogen) atoms. The number of pyridine rings is 1. The minimum Gasteiger partial charge on any atom is -0.481 e. The predicted molar refractivity (Wildman–Crippen MR) is 107 cm³/mol. The molecule has 0 radical (unpaired) electrons. The fourth-order valence-electron chi connectivity index (χ4n) is 3.24.